The van der Waals surface area contributed by atoms with Crippen LogP contribution in [0, 0.1) is 0 Å². The van der Waals surface area contributed by atoms with Gasteiger partial charge in [-0.25, -0.2) is 0 Å². The van der Waals surface area contributed by atoms with Gasteiger partial charge < -0.3 is 14.4 Å². The van der Waals surface area contributed by atoms with Crippen molar-refractivity contribution < 1.29 is 0 Å². The predicted octanol–water partition coefficient (Wildman–Crippen LogP) is 19.9. The molecule has 492 valence electrons. The molecule has 0 saturated heterocycles. The van der Waals surface area contributed by atoms with Crippen LogP contribution in [0.15, 0.2) is 309 Å². The lowest BCUT2D eigenvalue weighted by molar-refractivity contribution is 0.799. The first kappa shape index (κ1) is 67.8. The van der Waals surface area contributed by atoms with Crippen LogP contribution in [0.3, 0.4) is 0 Å². The van der Waals surface area contributed by atoms with Crippen LogP contribution in [-0.4, -0.2) is 20.5 Å². The van der Waals surface area contributed by atoms with Crippen molar-refractivity contribution in [2.24, 2.45) is 0 Å². The highest BCUT2D eigenvalue weighted by atomic mass is 15.1. The van der Waals surface area contributed by atoms with Crippen molar-refractivity contribution in [1.29, 1.82) is 0 Å². The molecule has 99 heavy (non-hydrogen) atoms. The van der Waals surface area contributed by atoms with Crippen LogP contribution >= 0.6 is 0 Å². The molecule has 3 heterocycles. The molecule has 3 aliphatic heterocycles. The Balaban J connectivity index is 0.000000133. The zero-order valence-corrected chi connectivity index (χ0v) is 60.2. The Morgan fingerprint density at radius 2 is 0.384 bits per heavy atom. The first-order valence-electron chi connectivity index (χ1n) is 36.5. The molecule has 0 aliphatic carbocycles. The number of nitrogens with zero attached hydrogens (tertiary/aromatic N) is 3. The smallest absolute Gasteiger partial charge is 0.324 e. The number of hydrogen-bond acceptors (Lipinski definition) is 3. The standard InChI is InChI=1S/3C31H32BN/c3*1-22(2)26-19-13-20-27(23(3)4)31(26)33-30(24-14-7-5-8-15-24)28-18-11-12-21-29(28)32(33)25-16-9-6-10-17-25/h3*5-23,30H,1-4H3/t3*30-/m100/s1. The third kappa shape index (κ3) is 13.4. The van der Waals surface area contributed by atoms with Gasteiger partial charge in [-0.3, -0.25) is 0 Å². The highest BCUT2D eigenvalue weighted by molar-refractivity contribution is 6.91. The molecule has 12 aromatic carbocycles. The Hall–Kier alpha value is -9.77. The minimum atomic E-state index is 0.171. The van der Waals surface area contributed by atoms with Crippen molar-refractivity contribution in [3.8, 4) is 0 Å². The number of rotatable bonds is 15. The van der Waals surface area contributed by atoms with Gasteiger partial charge in [0.2, 0.25) is 0 Å². The van der Waals surface area contributed by atoms with Crippen LogP contribution in [0.5, 0.6) is 0 Å². The van der Waals surface area contributed by atoms with Crippen molar-refractivity contribution >= 4 is 70.4 Å². The summed E-state index contributed by atoms with van der Waals surface area (Å²) in [5, 5.41) is 0. The van der Waals surface area contributed by atoms with Crippen LogP contribution in [0.4, 0.5) is 17.1 Å². The molecule has 0 fully saturated rings. The second kappa shape index (κ2) is 30.1. The molecule has 15 rings (SSSR count). The first-order chi connectivity index (χ1) is 48.2. The van der Waals surface area contributed by atoms with E-state index in [1.165, 1.54) is 117 Å². The van der Waals surface area contributed by atoms with E-state index >= 15 is 0 Å². The lowest BCUT2D eigenvalue weighted by Crippen LogP contribution is -2.53. The molecule has 6 heteroatoms. The highest BCUT2D eigenvalue weighted by Gasteiger charge is 2.48. The van der Waals surface area contributed by atoms with Gasteiger partial charge in [-0.2, -0.15) is 0 Å². The van der Waals surface area contributed by atoms with Gasteiger partial charge in [0.15, 0.2) is 0 Å². The average molecular weight is 1290 g/mol. The monoisotopic (exact) mass is 1290 g/mol. The first-order valence-corrected chi connectivity index (χ1v) is 36.5. The van der Waals surface area contributed by atoms with E-state index in [-0.39, 0.29) is 38.7 Å². The fourth-order valence-electron chi connectivity index (χ4n) is 16.4. The number of hydrogen-bond donors (Lipinski definition) is 0. The molecule has 0 N–H and O–H groups in total. The summed E-state index contributed by atoms with van der Waals surface area (Å²) in [5.74, 6) is 2.64. The zero-order chi connectivity index (χ0) is 68.8. The van der Waals surface area contributed by atoms with Crippen molar-refractivity contribution in [2.45, 2.75) is 137 Å². The third-order valence-electron chi connectivity index (χ3n) is 20.9. The van der Waals surface area contributed by atoms with Crippen LogP contribution < -0.4 is 47.2 Å². The van der Waals surface area contributed by atoms with Crippen LogP contribution in [0.1, 0.15) is 203 Å². The van der Waals surface area contributed by atoms with E-state index in [9.17, 15) is 0 Å². The zero-order valence-electron chi connectivity index (χ0n) is 60.2. The number of anilines is 3. The molecule has 3 aliphatic rings. The maximum Gasteiger partial charge on any atom is 0.324 e. The fourth-order valence-corrected chi connectivity index (χ4v) is 16.4. The van der Waals surface area contributed by atoms with Gasteiger partial charge >= 0.3 is 20.5 Å². The summed E-state index contributed by atoms with van der Waals surface area (Å²) < 4.78 is 0. The van der Waals surface area contributed by atoms with Gasteiger partial charge in [0, 0.05) is 17.1 Å². The van der Waals surface area contributed by atoms with Crippen LogP contribution in [-0.2, 0) is 0 Å². The molecule has 0 amide bonds. The van der Waals surface area contributed by atoms with E-state index in [1.807, 2.05) is 0 Å². The van der Waals surface area contributed by atoms with E-state index < -0.39 is 0 Å². The van der Waals surface area contributed by atoms with E-state index in [4.69, 9.17) is 0 Å². The van der Waals surface area contributed by atoms with Gasteiger partial charge in [-0.05, 0) is 119 Å². The molecule has 0 spiro atoms. The topological polar surface area (TPSA) is 9.72 Å². The molecule has 12 aromatic rings. The number of fused-ring (bicyclic) bond motifs is 3. The number of para-hydroxylation sites is 3. The Labute approximate surface area is 594 Å². The molecule has 0 unspecified atom stereocenters. The fraction of sp³-hybridized carbons (Fsp3) is 0.226. The summed E-state index contributed by atoms with van der Waals surface area (Å²) in [5.41, 5.74) is 29.3. The molecule has 0 bridgehead atoms. The number of benzene rings is 12. The lowest BCUT2D eigenvalue weighted by Gasteiger charge is -2.37. The minimum Gasteiger partial charge on any atom is -0.396 e. The summed E-state index contributed by atoms with van der Waals surface area (Å²) >= 11 is 0. The van der Waals surface area contributed by atoms with Gasteiger partial charge in [0.25, 0.3) is 0 Å². The quantitative estimate of drug-likeness (QED) is 0.0947. The summed E-state index contributed by atoms with van der Waals surface area (Å²) in [6.45, 7) is 28.4. The summed E-state index contributed by atoms with van der Waals surface area (Å²) in [6.07, 6.45) is 0. The van der Waals surface area contributed by atoms with Gasteiger partial charge in [0.1, 0.15) is 0 Å². The van der Waals surface area contributed by atoms with E-state index in [2.05, 4.69) is 407 Å². The van der Waals surface area contributed by atoms with Crippen LogP contribution in [0.2, 0.25) is 0 Å². The van der Waals surface area contributed by atoms with E-state index in [0.717, 1.165) is 0 Å². The van der Waals surface area contributed by atoms with E-state index in [1.54, 1.807) is 0 Å². The largest absolute Gasteiger partial charge is 0.396 e. The molecular formula is C93H96B3N3. The van der Waals surface area contributed by atoms with Gasteiger partial charge in [0.05, 0.1) is 18.1 Å². The molecule has 0 radical (unpaired) electrons. The third-order valence-corrected chi connectivity index (χ3v) is 20.9. The normalized spacial score (nSPS) is 15.4. The maximum absolute atomic E-state index is 2.72. The Bertz CT molecular complexity index is 3880. The van der Waals surface area contributed by atoms with Gasteiger partial charge in [-0.15, -0.1) is 0 Å². The Kier molecular flexibility index (Phi) is 20.6. The summed E-state index contributed by atoms with van der Waals surface area (Å²) in [7, 11) is 0. The predicted molar refractivity (Wildman–Crippen MR) is 430 cm³/mol. The van der Waals surface area contributed by atoms with Crippen LogP contribution in [0.25, 0.3) is 0 Å². The second-order valence-corrected chi connectivity index (χ2v) is 29.3. The highest BCUT2D eigenvalue weighted by Crippen LogP contribution is 2.48. The molecule has 0 aromatic heterocycles. The minimum absolute atomic E-state index is 0.171. The lowest BCUT2D eigenvalue weighted by atomic mass is 9.50. The van der Waals surface area contributed by atoms with Crippen molar-refractivity contribution in [2.75, 3.05) is 14.4 Å². The van der Waals surface area contributed by atoms with Crippen molar-refractivity contribution in [1.82, 2.24) is 0 Å². The molecular weight excluding hydrogens is 1190 g/mol. The second-order valence-electron chi connectivity index (χ2n) is 29.3. The summed E-state index contributed by atoms with van der Waals surface area (Å²) in [6, 6.07) is 115. The molecule has 3 atom stereocenters. The Morgan fingerprint density at radius 1 is 0.202 bits per heavy atom. The molecule has 3 nitrogen and oxygen atoms in total. The average Bonchev–Trinajstić information content (AvgIpc) is 1.60. The SMILES string of the molecule is CC(C)c1cccc(C(C)C)c1N1B(c2ccccc2)c2ccccc2[C@@H]1c1ccccc1.CC(C)c1cccc(C(C)C)c1N1B(c2ccccc2)c2ccccc2[C@@H]1c1ccccc1.CC(C)c1cccc(C(C)C)c1N1B(c2ccccc2)c2ccccc2[C@H]1c1ccccc1. The van der Waals surface area contributed by atoms with Crippen molar-refractivity contribution in [3.05, 3.63) is 376 Å². The Morgan fingerprint density at radius 3 is 0.586 bits per heavy atom. The maximum atomic E-state index is 2.72. The van der Waals surface area contributed by atoms with E-state index in [0.29, 0.717) is 35.5 Å². The summed E-state index contributed by atoms with van der Waals surface area (Å²) in [4.78, 5) is 8.17. The van der Waals surface area contributed by atoms with Gasteiger partial charge in [-0.1, -0.05) is 409 Å². The van der Waals surface area contributed by atoms with Crippen molar-refractivity contribution in [3.63, 3.8) is 0 Å². The molecule has 0 saturated carbocycles.